The van der Waals surface area contributed by atoms with Crippen molar-refractivity contribution < 1.29 is 9.21 Å². The normalized spacial score (nSPS) is 10.3. The lowest BCUT2D eigenvalue weighted by molar-refractivity contribution is 0.0963. The Morgan fingerprint density at radius 1 is 1.32 bits per heavy atom. The summed E-state index contributed by atoms with van der Waals surface area (Å²) in [7, 11) is 1.61. The van der Waals surface area contributed by atoms with Crippen LogP contribution in [0.2, 0.25) is 0 Å². The number of anilines is 1. The van der Waals surface area contributed by atoms with Crippen molar-refractivity contribution in [2.24, 2.45) is 0 Å². The minimum Gasteiger partial charge on any atom is -0.451 e. The van der Waals surface area contributed by atoms with Gasteiger partial charge in [-0.1, -0.05) is 6.07 Å². The number of carbonyl (C=O) groups excluding carboxylic acids is 1. The van der Waals surface area contributed by atoms with Gasteiger partial charge in [0.05, 0.1) is 11.0 Å². The van der Waals surface area contributed by atoms with Gasteiger partial charge in [0.15, 0.2) is 4.67 Å². The van der Waals surface area contributed by atoms with Crippen LogP contribution in [0.1, 0.15) is 16.1 Å². The van der Waals surface area contributed by atoms with E-state index in [-0.39, 0.29) is 5.91 Å². The van der Waals surface area contributed by atoms with Gasteiger partial charge in [-0.15, -0.1) is 0 Å². The molecule has 0 saturated carbocycles. The van der Waals surface area contributed by atoms with Crippen LogP contribution in [0.5, 0.6) is 0 Å². The minimum absolute atomic E-state index is 0.105. The first-order valence-corrected chi connectivity index (χ1v) is 7.18. The van der Waals surface area contributed by atoms with Crippen molar-refractivity contribution in [2.45, 2.75) is 6.54 Å². The third kappa shape index (κ3) is 3.61. The van der Waals surface area contributed by atoms with Gasteiger partial charge < -0.3 is 15.1 Å². The van der Waals surface area contributed by atoms with Crippen molar-refractivity contribution in [3.05, 3.63) is 50.8 Å². The fourth-order valence-electron chi connectivity index (χ4n) is 1.58. The number of carbonyl (C=O) groups is 1. The first-order valence-electron chi connectivity index (χ1n) is 5.60. The Hall–Kier alpha value is -1.27. The van der Waals surface area contributed by atoms with E-state index in [9.17, 15) is 4.79 Å². The summed E-state index contributed by atoms with van der Waals surface area (Å²) < 4.78 is 7.01. The van der Waals surface area contributed by atoms with E-state index in [1.807, 2.05) is 18.2 Å². The third-order valence-electron chi connectivity index (χ3n) is 2.51. The second kappa shape index (κ2) is 6.25. The van der Waals surface area contributed by atoms with Gasteiger partial charge in [-0.25, -0.2) is 0 Å². The van der Waals surface area contributed by atoms with Crippen molar-refractivity contribution >= 4 is 43.5 Å². The van der Waals surface area contributed by atoms with Crippen LogP contribution in [-0.4, -0.2) is 13.0 Å². The number of nitrogens with one attached hydrogen (secondary N) is 2. The molecule has 100 valence electrons. The number of amides is 1. The van der Waals surface area contributed by atoms with E-state index < -0.39 is 0 Å². The van der Waals surface area contributed by atoms with Crippen LogP contribution in [0.15, 0.2) is 43.9 Å². The average Bonchev–Trinajstić information content (AvgIpc) is 2.75. The molecule has 0 aliphatic heterocycles. The topological polar surface area (TPSA) is 54.3 Å². The van der Waals surface area contributed by atoms with Crippen molar-refractivity contribution in [3.63, 3.8) is 0 Å². The Balaban J connectivity index is 2.05. The van der Waals surface area contributed by atoms with Crippen LogP contribution >= 0.6 is 31.9 Å². The predicted octanol–water partition coefficient (Wildman–Crippen LogP) is 3.78. The molecule has 1 aromatic heterocycles. The lowest BCUT2D eigenvalue weighted by Crippen LogP contribution is -2.17. The molecule has 1 heterocycles. The number of hydrogen-bond donors (Lipinski definition) is 2. The predicted molar refractivity (Wildman–Crippen MR) is 81.3 cm³/mol. The second-order valence-electron chi connectivity index (χ2n) is 3.85. The van der Waals surface area contributed by atoms with Crippen LogP contribution in [-0.2, 0) is 6.54 Å². The lowest BCUT2D eigenvalue weighted by atomic mass is 10.2. The van der Waals surface area contributed by atoms with Gasteiger partial charge in [-0.05, 0) is 56.1 Å². The van der Waals surface area contributed by atoms with E-state index in [4.69, 9.17) is 4.42 Å². The molecule has 0 spiro atoms. The summed E-state index contributed by atoms with van der Waals surface area (Å²) in [5.41, 5.74) is 1.49. The molecule has 1 amide bonds. The fraction of sp³-hybridized carbons (Fsp3) is 0.154. The van der Waals surface area contributed by atoms with Gasteiger partial charge in [0.2, 0.25) is 0 Å². The largest absolute Gasteiger partial charge is 0.451 e. The highest BCUT2D eigenvalue weighted by Crippen LogP contribution is 2.27. The highest BCUT2D eigenvalue weighted by molar-refractivity contribution is 9.13. The SMILES string of the molecule is CNC(=O)c1cccc(NCc2cc(Br)c(Br)o2)c1. The molecule has 0 atom stereocenters. The number of halogens is 2. The molecule has 6 heteroatoms. The standard InChI is InChI=1S/C13H12Br2N2O2/c1-16-13(18)8-3-2-4-9(5-8)17-7-10-6-11(14)12(15)19-10/h2-6,17H,7H2,1H3,(H,16,18). The quantitative estimate of drug-likeness (QED) is 0.839. The van der Waals surface area contributed by atoms with Gasteiger partial charge in [0, 0.05) is 18.3 Å². The molecule has 4 nitrogen and oxygen atoms in total. The Morgan fingerprint density at radius 2 is 2.11 bits per heavy atom. The monoisotopic (exact) mass is 386 g/mol. The van der Waals surface area contributed by atoms with E-state index in [1.165, 1.54) is 0 Å². The highest BCUT2D eigenvalue weighted by atomic mass is 79.9. The molecular formula is C13H12Br2N2O2. The summed E-state index contributed by atoms with van der Waals surface area (Å²) in [5.74, 6) is 0.691. The third-order valence-corrected chi connectivity index (χ3v) is 4.22. The van der Waals surface area contributed by atoms with E-state index in [0.717, 1.165) is 15.9 Å². The maximum atomic E-state index is 11.5. The zero-order valence-electron chi connectivity index (χ0n) is 10.2. The summed E-state index contributed by atoms with van der Waals surface area (Å²) in [6.07, 6.45) is 0. The smallest absolute Gasteiger partial charge is 0.251 e. The van der Waals surface area contributed by atoms with Crippen LogP contribution in [0.3, 0.4) is 0 Å². The Morgan fingerprint density at radius 3 is 2.74 bits per heavy atom. The molecule has 0 aliphatic carbocycles. The molecule has 2 rings (SSSR count). The Bertz CT molecular complexity index is 577. The van der Waals surface area contributed by atoms with E-state index in [2.05, 4.69) is 42.5 Å². The maximum absolute atomic E-state index is 11.5. The summed E-state index contributed by atoms with van der Waals surface area (Å²) >= 11 is 6.65. The summed E-state index contributed by atoms with van der Waals surface area (Å²) in [5, 5.41) is 5.80. The Kier molecular flexibility index (Phi) is 4.66. The van der Waals surface area contributed by atoms with E-state index >= 15 is 0 Å². The zero-order valence-corrected chi connectivity index (χ0v) is 13.3. The first-order chi connectivity index (χ1) is 9.10. The second-order valence-corrected chi connectivity index (χ2v) is 5.42. The highest BCUT2D eigenvalue weighted by Gasteiger charge is 2.07. The lowest BCUT2D eigenvalue weighted by Gasteiger charge is -2.06. The van der Waals surface area contributed by atoms with Crippen molar-refractivity contribution in [2.75, 3.05) is 12.4 Å². The van der Waals surface area contributed by atoms with Crippen LogP contribution < -0.4 is 10.6 Å². The number of furan rings is 1. The molecule has 0 bridgehead atoms. The maximum Gasteiger partial charge on any atom is 0.251 e. The summed E-state index contributed by atoms with van der Waals surface area (Å²) in [6.45, 7) is 0.543. The summed E-state index contributed by atoms with van der Waals surface area (Å²) in [4.78, 5) is 11.5. The first kappa shape index (κ1) is 14.1. The molecule has 19 heavy (non-hydrogen) atoms. The van der Waals surface area contributed by atoms with Crippen molar-refractivity contribution in [3.8, 4) is 0 Å². The fourth-order valence-corrected chi connectivity index (χ4v) is 2.24. The van der Waals surface area contributed by atoms with Gasteiger partial charge in [-0.2, -0.15) is 0 Å². The molecule has 1 aromatic carbocycles. The average molecular weight is 388 g/mol. The number of hydrogen-bond acceptors (Lipinski definition) is 3. The van der Waals surface area contributed by atoms with E-state index in [0.29, 0.717) is 16.8 Å². The molecule has 0 saturated heterocycles. The van der Waals surface area contributed by atoms with Crippen LogP contribution in [0.4, 0.5) is 5.69 Å². The van der Waals surface area contributed by atoms with Crippen LogP contribution in [0.25, 0.3) is 0 Å². The molecule has 0 unspecified atom stereocenters. The van der Waals surface area contributed by atoms with Crippen molar-refractivity contribution in [1.29, 1.82) is 0 Å². The van der Waals surface area contributed by atoms with Crippen LogP contribution in [0, 0.1) is 0 Å². The van der Waals surface area contributed by atoms with Gasteiger partial charge in [-0.3, -0.25) is 4.79 Å². The van der Waals surface area contributed by atoms with E-state index in [1.54, 1.807) is 19.2 Å². The molecule has 0 fully saturated rings. The van der Waals surface area contributed by atoms with Gasteiger partial charge in [0.25, 0.3) is 5.91 Å². The molecular weight excluding hydrogens is 376 g/mol. The van der Waals surface area contributed by atoms with Crippen molar-refractivity contribution in [1.82, 2.24) is 5.32 Å². The molecule has 2 N–H and O–H groups in total. The summed E-state index contributed by atoms with van der Waals surface area (Å²) in [6, 6.07) is 9.19. The van der Waals surface area contributed by atoms with Gasteiger partial charge >= 0.3 is 0 Å². The number of benzene rings is 1. The Labute approximate surface area is 127 Å². The molecule has 2 aromatic rings. The minimum atomic E-state index is -0.105. The number of rotatable bonds is 4. The zero-order chi connectivity index (χ0) is 13.8. The van der Waals surface area contributed by atoms with Gasteiger partial charge in [0.1, 0.15) is 5.76 Å². The molecule has 0 aliphatic rings. The molecule has 0 radical (unpaired) electrons.